The summed E-state index contributed by atoms with van der Waals surface area (Å²) in [6.07, 6.45) is 1.94. The van der Waals surface area contributed by atoms with Gasteiger partial charge in [-0.25, -0.2) is 4.79 Å². The van der Waals surface area contributed by atoms with Gasteiger partial charge in [-0.1, -0.05) is 41.6 Å². The van der Waals surface area contributed by atoms with E-state index in [0.29, 0.717) is 35.3 Å². The van der Waals surface area contributed by atoms with Crippen molar-refractivity contribution in [1.29, 1.82) is 0 Å². The van der Waals surface area contributed by atoms with Crippen molar-refractivity contribution in [3.8, 4) is 11.6 Å². The molecule has 2 heterocycles. The van der Waals surface area contributed by atoms with Crippen LogP contribution in [0, 0.1) is 0 Å². The maximum atomic E-state index is 12.3. The van der Waals surface area contributed by atoms with E-state index >= 15 is 0 Å². The van der Waals surface area contributed by atoms with Gasteiger partial charge in [0.15, 0.2) is 5.76 Å². The van der Waals surface area contributed by atoms with Crippen LogP contribution in [0.4, 0.5) is 16.2 Å². The van der Waals surface area contributed by atoms with Crippen molar-refractivity contribution in [3.05, 3.63) is 84.4 Å². The SMILES string of the molecule is O=C(Nc1ccccc1)Nc1ccccc1Cc1nc(-c2ccco2)no1. The van der Waals surface area contributed by atoms with Gasteiger partial charge in [0.2, 0.25) is 11.7 Å². The number of para-hydroxylation sites is 2. The third-order valence-electron chi connectivity index (χ3n) is 3.85. The van der Waals surface area contributed by atoms with Crippen LogP contribution in [0.2, 0.25) is 0 Å². The molecule has 0 spiro atoms. The highest BCUT2D eigenvalue weighted by atomic mass is 16.5. The molecular weight excluding hydrogens is 344 g/mol. The fourth-order valence-electron chi connectivity index (χ4n) is 2.60. The predicted molar refractivity (Wildman–Crippen MR) is 100 cm³/mol. The summed E-state index contributed by atoms with van der Waals surface area (Å²) < 4.78 is 10.6. The highest BCUT2D eigenvalue weighted by molar-refractivity contribution is 6.00. The number of hydrogen-bond acceptors (Lipinski definition) is 5. The molecule has 2 amide bonds. The fraction of sp³-hybridized carbons (Fsp3) is 0.0500. The molecule has 2 N–H and O–H groups in total. The number of rotatable bonds is 5. The molecule has 0 bridgehead atoms. The molecular formula is C20H16N4O3. The third kappa shape index (κ3) is 4.04. The number of anilines is 2. The lowest BCUT2D eigenvalue weighted by Gasteiger charge is -2.11. The van der Waals surface area contributed by atoms with Gasteiger partial charge in [0.1, 0.15) is 0 Å². The van der Waals surface area contributed by atoms with E-state index in [1.165, 1.54) is 0 Å². The summed E-state index contributed by atoms with van der Waals surface area (Å²) in [6, 6.07) is 19.9. The summed E-state index contributed by atoms with van der Waals surface area (Å²) >= 11 is 0. The molecule has 0 aliphatic carbocycles. The quantitative estimate of drug-likeness (QED) is 0.544. The molecule has 0 saturated carbocycles. The Morgan fingerprint density at radius 3 is 2.56 bits per heavy atom. The first-order valence-electron chi connectivity index (χ1n) is 8.35. The second kappa shape index (κ2) is 7.57. The Morgan fingerprint density at radius 2 is 1.74 bits per heavy atom. The van der Waals surface area contributed by atoms with Gasteiger partial charge in [-0.2, -0.15) is 4.98 Å². The molecule has 0 saturated heterocycles. The second-order valence-electron chi connectivity index (χ2n) is 5.77. The zero-order valence-corrected chi connectivity index (χ0v) is 14.3. The molecule has 0 atom stereocenters. The number of nitrogens with zero attached hydrogens (tertiary/aromatic N) is 2. The molecule has 0 radical (unpaired) electrons. The predicted octanol–water partition coefficient (Wildman–Crippen LogP) is 4.56. The molecule has 27 heavy (non-hydrogen) atoms. The van der Waals surface area contributed by atoms with E-state index in [2.05, 4.69) is 20.8 Å². The first kappa shape index (κ1) is 16.6. The Bertz CT molecular complexity index is 1030. The minimum absolute atomic E-state index is 0.324. The van der Waals surface area contributed by atoms with Crippen LogP contribution >= 0.6 is 0 Å². The number of carbonyl (C=O) groups excluding carboxylic acids is 1. The molecule has 0 fully saturated rings. The number of nitrogens with one attached hydrogen (secondary N) is 2. The number of carbonyl (C=O) groups is 1. The average molecular weight is 360 g/mol. The normalized spacial score (nSPS) is 10.5. The third-order valence-corrected chi connectivity index (χ3v) is 3.85. The van der Waals surface area contributed by atoms with Crippen LogP contribution in [0.1, 0.15) is 11.5 Å². The molecule has 0 unspecified atom stereocenters. The Morgan fingerprint density at radius 1 is 0.926 bits per heavy atom. The van der Waals surface area contributed by atoms with E-state index in [1.807, 2.05) is 54.6 Å². The van der Waals surface area contributed by atoms with Crippen LogP contribution in [0.5, 0.6) is 0 Å². The average Bonchev–Trinajstić information content (AvgIpc) is 3.36. The summed E-state index contributed by atoms with van der Waals surface area (Å²) in [6.45, 7) is 0. The molecule has 2 aromatic carbocycles. The minimum Gasteiger partial charge on any atom is -0.461 e. The van der Waals surface area contributed by atoms with Crippen LogP contribution < -0.4 is 10.6 Å². The monoisotopic (exact) mass is 360 g/mol. The Balaban J connectivity index is 1.47. The largest absolute Gasteiger partial charge is 0.461 e. The Hall–Kier alpha value is -3.87. The highest BCUT2D eigenvalue weighted by Crippen LogP contribution is 2.21. The lowest BCUT2D eigenvalue weighted by molar-refractivity contribution is 0.262. The Labute approximate surface area is 155 Å². The van der Waals surface area contributed by atoms with Crippen molar-refractivity contribution in [2.75, 3.05) is 10.6 Å². The molecule has 7 nitrogen and oxygen atoms in total. The molecule has 2 aromatic heterocycles. The van der Waals surface area contributed by atoms with Crippen molar-refractivity contribution in [3.63, 3.8) is 0 Å². The van der Waals surface area contributed by atoms with Gasteiger partial charge in [-0.05, 0) is 35.9 Å². The summed E-state index contributed by atoms with van der Waals surface area (Å²) in [4.78, 5) is 16.6. The number of benzene rings is 2. The van der Waals surface area contributed by atoms with Crippen molar-refractivity contribution < 1.29 is 13.7 Å². The molecule has 134 valence electrons. The zero-order chi connectivity index (χ0) is 18.5. The second-order valence-corrected chi connectivity index (χ2v) is 5.77. The van der Waals surface area contributed by atoms with Crippen LogP contribution in [0.15, 0.2) is 81.9 Å². The lowest BCUT2D eigenvalue weighted by Crippen LogP contribution is -2.20. The maximum absolute atomic E-state index is 12.3. The number of amides is 2. The van der Waals surface area contributed by atoms with Gasteiger partial charge in [0.05, 0.1) is 12.7 Å². The van der Waals surface area contributed by atoms with E-state index < -0.39 is 0 Å². The molecule has 7 heteroatoms. The van der Waals surface area contributed by atoms with E-state index in [0.717, 1.165) is 5.56 Å². The van der Waals surface area contributed by atoms with Crippen LogP contribution in [-0.2, 0) is 6.42 Å². The summed E-state index contributed by atoms with van der Waals surface area (Å²) in [5.41, 5.74) is 2.24. The minimum atomic E-state index is -0.324. The summed E-state index contributed by atoms with van der Waals surface area (Å²) in [7, 11) is 0. The van der Waals surface area contributed by atoms with Crippen LogP contribution in [-0.4, -0.2) is 16.2 Å². The van der Waals surface area contributed by atoms with Gasteiger partial charge in [-0.15, -0.1) is 0 Å². The number of furan rings is 1. The van der Waals surface area contributed by atoms with Crippen LogP contribution in [0.25, 0.3) is 11.6 Å². The van der Waals surface area contributed by atoms with E-state index in [9.17, 15) is 4.79 Å². The summed E-state index contributed by atoms with van der Waals surface area (Å²) in [5.74, 6) is 1.36. The Kier molecular flexibility index (Phi) is 4.65. The van der Waals surface area contributed by atoms with Gasteiger partial charge in [-0.3, -0.25) is 0 Å². The van der Waals surface area contributed by atoms with Crippen LogP contribution in [0.3, 0.4) is 0 Å². The zero-order valence-electron chi connectivity index (χ0n) is 14.3. The topological polar surface area (TPSA) is 93.2 Å². The smallest absolute Gasteiger partial charge is 0.323 e. The van der Waals surface area contributed by atoms with Crippen molar-refractivity contribution in [2.24, 2.45) is 0 Å². The molecule has 0 aliphatic rings. The van der Waals surface area contributed by atoms with Crippen molar-refractivity contribution in [1.82, 2.24) is 10.1 Å². The van der Waals surface area contributed by atoms with Crippen molar-refractivity contribution >= 4 is 17.4 Å². The standard InChI is InChI=1S/C20H16N4O3/c25-20(21-15-8-2-1-3-9-15)22-16-10-5-4-7-14(16)13-18-23-19(24-27-18)17-11-6-12-26-17/h1-12H,13H2,(H2,21,22,25). The van der Waals surface area contributed by atoms with E-state index in [-0.39, 0.29) is 6.03 Å². The van der Waals surface area contributed by atoms with Gasteiger partial charge < -0.3 is 19.6 Å². The maximum Gasteiger partial charge on any atom is 0.323 e. The van der Waals surface area contributed by atoms with Gasteiger partial charge in [0, 0.05) is 11.4 Å². The lowest BCUT2D eigenvalue weighted by atomic mass is 10.1. The molecule has 0 aliphatic heterocycles. The van der Waals surface area contributed by atoms with Gasteiger partial charge in [0.25, 0.3) is 0 Å². The van der Waals surface area contributed by atoms with E-state index in [1.54, 1.807) is 18.4 Å². The summed E-state index contributed by atoms with van der Waals surface area (Å²) in [5, 5.41) is 9.57. The van der Waals surface area contributed by atoms with E-state index in [4.69, 9.17) is 8.94 Å². The fourth-order valence-corrected chi connectivity index (χ4v) is 2.60. The van der Waals surface area contributed by atoms with Crippen molar-refractivity contribution in [2.45, 2.75) is 6.42 Å². The first-order chi connectivity index (χ1) is 13.3. The highest BCUT2D eigenvalue weighted by Gasteiger charge is 2.14. The van der Waals surface area contributed by atoms with Gasteiger partial charge >= 0.3 is 6.03 Å². The number of aromatic nitrogens is 2. The molecule has 4 rings (SSSR count). The number of hydrogen-bond donors (Lipinski definition) is 2. The number of urea groups is 1. The molecule has 4 aromatic rings. The first-order valence-corrected chi connectivity index (χ1v) is 8.35.